The van der Waals surface area contributed by atoms with Crippen LogP contribution in [0.2, 0.25) is 0 Å². The van der Waals surface area contributed by atoms with E-state index in [4.69, 9.17) is 5.73 Å². The molecule has 1 aromatic heterocycles. The van der Waals surface area contributed by atoms with Gasteiger partial charge < -0.3 is 10.6 Å². The number of carbonyl (C=O) groups excluding carboxylic acids is 1. The summed E-state index contributed by atoms with van der Waals surface area (Å²) in [4.78, 5) is 14.6. The van der Waals surface area contributed by atoms with Crippen LogP contribution in [0.3, 0.4) is 0 Å². The average Bonchev–Trinajstić information content (AvgIpc) is 2.96. The zero-order valence-electron chi connectivity index (χ0n) is 14.4. The predicted molar refractivity (Wildman–Crippen MR) is 92.8 cm³/mol. The van der Waals surface area contributed by atoms with Crippen molar-refractivity contribution < 1.29 is 4.79 Å². The summed E-state index contributed by atoms with van der Waals surface area (Å²) in [5, 5.41) is 8.43. The van der Waals surface area contributed by atoms with E-state index in [9.17, 15) is 4.79 Å². The van der Waals surface area contributed by atoms with Crippen molar-refractivity contribution in [2.75, 3.05) is 13.1 Å². The topological polar surface area (TPSA) is 77.0 Å². The Balaban J connectivity index is 1.70. The fourth-order valence-electron chi connectivity index (χ4n) is 3.26. The molecular weight excluding hydrogens is 302 g/mol. The van der Waals surface area contributed by atoms with Gasteiger partial charge in [-0.15, -0.1) is 5.10 Å². The molecule has 0 unspecified atom stereocenters. The zero-order chi connectivity index (χ0) is 17.1. The summed E-state index contributed by atoms with van der Waals surface area (Å²) in [7, 11) is 0. The highest BCUT2D eigenvalue weighted by Gasteiger charge is 2.26. The zero-order valence-corrected chi connectivity index (χ0v) is 14.4. The highest BCUT2D eigenvalue weighted by molar-refractivity contribution is 5.78. The first-order valence-corrected chi connectivity index (χ1v) is 8.56. The summed E-state index contributed by atoms with van der Waals surface area (Å²) in [6.45, 7) is 5.54. The van der Waals surface area contributed by atoms with Crippen molar-refractivity contribution >= 4 is 5.91 Å². The SMILES string of the molecule is Cc1c(CC(=O)N2CCC[C@H]([C@H](C)N)C2)nnn1-c1ccccc1. The fourth-order valence-corrected chi connectivity index (χ4v) is 3.26. The molecule has 2 atom stereocenters. The molecule has 0 radical (unpaired) electrons. The molecule has 1 aliphatic heterocycles. The molecule has 0 bridgehead atoms. The van der Waals surface area contributed by atoms with E-state index < -0.39 is 0 Å². The van der Waals surface area contributed by atoms with Gasteiger partial charge in [-0.25, -0.2) is 4.68 Å². The lowest BCUT2D eigenvalue weighted by atomic mass is 9.92. The molecule has 24 heavy (non-hydrogen) atoms. The summed E-state index contributed by atoms with van der Waals surface area (Å²) in [5.41, 5.74) is 8.62. The standard InChI is InChI=1S/C18H25N5O/c1-13(19)15-7-6-10-22(12-15)18(24)11-17-14(2)23(21-20-17)16-8-4-3-5-9-16/h3-5,8-9,13,15H,6-7,10-12,19H2,1-2H3/t13-,15-/m0/s1. The van der Waals surface area contributed by atoms with Crippen LogP contribution < -0.4 is 5.73 Å². The highest BCUT2D eigenvalue weighted by atomic mass is 16.2. The first-order chi connectivity index (χ1) is 11.6. The van der Waals surface area contributed by atoms with Gasteiger partial charge in [-0.1, -0.05) is 23.4 Å². The maximum atomic E-state index is 12.6. The number of hydrogen-bond acceptors (Lipinski definition) is 4. The van der Waals surface area contributed by atoms with Crippen LogP contribution in [0.1, 0.15) is 31.2 Å². The van der Waals surface area contributed by atoms with Crippen molar-refractivity contribution in [1.29, 1.82) is 0 Å². The summed E-state index contributed by atoms with van der Waals surface area (Å²) >= 11 is 0. The molecule has 0 spiro atoms. The van der Waals surface area contributed by atoms with Gasteiger partial charge in [-0.2, -0.15) is 0 Å². The van der Waals surface area contributed by atoms with Crippen LogP contribution in [0.4, 0.5) is 0 Å². The van der Waals surface area contributed by atoms with E-state index in [0.29, 0.717) is 12.3 Å². The largest absolute Gasteiger partial charge is 0.342 e. The van der Waals surface area contributed by atoms with Gasteiger partial charge in [0.15, 0.2) is 0 Å². The van der Waals surface area contributed by atoms with Crippen LogP contribution in [0.5, 0.6) is 0 Å². The average molecular weight is 327 g/mol. The number of nitrogens with zero attached hydrogens (tertiary/aromatic N) is 4. The Morgan fingerprint density at radius 2 is 2.12 bits per heavy atom. The quantitative estimate of drug-likeness (QED) is 0.927. The third-order valence-corrected chi connectivity index (χ3v) is 4.86. The Kier molecular flexibility index (Phi) is 4.94. The third kappa shape index (κ3) is 3.48. The molecule has 3 rings (SSSR count). The van der Waals surface area contributed by atoms with E-state index in [2.05, 4.69) is 10.3 Å². The van der Waals surface area contributed by atoms with Crippen molar-refractivity contribution in [2.45, 2.75) is 39.2 Å². The first kappa shape index (κ1) is 16.6. The third-order valence-electron chi connectivity index (χ3n) is 4.86. The monoisotopic (exact) mass is 327 g/mol. The Labute approximate surface area is 142 Å². The second-order valence-electron chi connectivity index (χ2n) is 6.65. The molecule has 1 saturated heterocycles. The molecule has 0 aliphatic carbocycles. The van der Waals surface area contributed by atoms with E-state index in [1.54, 1.807) is 4.68 Å². The molecule has 6 heteroatoms. The minimum Gasteiger partial charge on any atom is -0.342 e. The molecule has 128 valence electrons. The van der Waals surface area contributed by atoms with E-state index in [1.807, 2.05) is 49.1 Å². The number of aromatic nitrogens is 3. The van der Waals surface area contributed by atoms with Crippen LogP contribution in [-0.4, -0.2) is 44.9 Å². The van der Waals surface area contributed by atoms with Gasteiger partial charge in [0.1, 0.15) is 0 Å². The summed E-state index contributed by atoms with van der Waals surface area (Å²) in [5.74, 6) is 0.507. The van der Waals surface area contributed by atoms with Gasteiger partial charge in [0.2, 0.25) is 5.91 Å². The van der Waals surface area contributed by atoms with Crippen molar-refractivity contribution in [1.82, 2.24) is 19.9 Å². The van der Waals surface area contributed by atoms with Gasteiger partial charge in [0.25, 0.3) is 0 Å². The maximum absolute atomic E-state index is 12.6. The van der Waals surface area contributed by atoms with E-state index in [0.717, 1.165) is 43.0 Å². The van der Waals surface area contributed by atoms with Crippen molar-refractivity contribution in [3.8, 4) is 5.69 Å². The first-order valence-electron chi connectivity index (χ1n) is 8.56. The van der Waals surface area contributed by atoms with Gasteiger partial charge in [-0.3, -0.25) is 4.79 Å². The number of carbonyl (C=O) groups is 1. The number of hydrogen-bond donors (Lipinski definition) is 1. The predicted octanol–water partition coefficient (Wildman–Crippen LogP) is 1.70. The number of para-hydroxylation sites is 1. The lowest BCUT2D eigenvalue weighted by Crippen LogP contribution is -2.45. The molecule has 0 saturated carbocycles. The summed E-state index contributed by atoms with van der Waals surface area (Å²) in [6, 6.07) is 9.97. The van der Waals surface area contributed by atoms with Gasteiger partial charge in [-0.05, 0) is 44.7 Å². The highest BCUT2D eigenvalue weighted by Crippen LogP contribution is 2.20. The normalized spacial score (nSPS) is 19.3. The maximum Gasteiger partial charge on any atom is 0.228 e. The van der Waals surface area contributed by atoms with Crippen LogP contribution in [0.25, 0.3) is 5.69 Å². The molecule has 2 N–H and O–H groups in total. The molecule has 1 fully saturated rings. The van der Waals surface area contributed by atoms with E-state index in [1.165, 1.54) is 0 Å². The molecule has 2 aromatic rings. The lowest BCUT2D eigenvalue weighted by molar-refractivity contribution is -0.132. The number of piperidine rings is 1. The molecule has 2 heterocycles. The minimum atomic E-state index is 0.114. The Morgan fingerprint density at radius 3 is 2.83 bits per heavy atom. The number of benzene rings is 1. The van der Waals surface area contributed by atoms with Crippen LogP contribution in [0, 0.1) is 12.8 Å². The van der Waals surface area contributed by atoms with Crippen molar-refractivity contribution in [3.05, 3.63) is 41.7 Å². The summed E-state index contributed by atoms with van der Waals surface area (Å²) < 4.78 is 1.78. The lowest BCUT2D eigenvalue weighted by Gasteiger charge is -2.34. The molecule has 1 amide bonds. The second-order valence-corrected chi connectivity index (χ2v) is 6.65. The van der Waals surface area contributed by atoms with Crippen molar-refractivity contribution in [3.63, 3.8) is 0 Å². The molecule has 1 aliphatic rings. The fraction of sp³-hybridized carbons (Fsp3) is 0.500. The second kappa shape index (κ2) is 7.13. The smallest absolute Gasteiger partial charge is 0.228 e. The number of nitrogens with two attached hydrogens (primary N) is 1. The molecule has 6 nitrogen and oxygen atoms in total. The molecular formula is C18H25N5O. The van der Waals surface area contributed by atoms with Crippen molar-refractivity contribution in [2.24, 2.45) is 11.7 Å². The van der Waals surface area contributed by atoms with E-state index >= 15 is 0 Å². The Bertz CT molecular complexity index is 695. The van der Waals surface area contributed by atoms with Gasteiger partial charge in [0.05, 0.1) is 23.5 Å². The Hall–Kier alpha value is -2.21. The van der Waals surface area contributed by atoms with Crippen LogP contribution >= 0.6 is 0 Å². The van der Waals surface area contributed by atoms with Gasteiger partial charge >= 0.3 is 0 Å². The van der Waals surface area contributed by atoms with E-state index in [-0.39, 0.29) is 11.9 Å². The number of amides is 1. The minimum absolute atomic E-state index is 0.114. The van der Waals surface area contributed by atoms with Crippen LogP contribution in [0.15, 0.2) is 30.3 Å². The summed E-state index contributed by atoms with van der Waals surface area (Å²) in [6.07, 6.45) is 2.42. The number of likely N-dealkylation sites (tertiary alicyclic amines) is 1. The number of rotatable bonds is 4. The van der Waals surface area contributed by atoms with Crippen LogP contribution in [-0.2, 0) is 11.2 Å². The Morgan fingerprint density at radius 1 is 1.38 bits per heavy atom. The van der Waals surface area contributed by atoms with Gasteiger partial charge in [0, 0.05) is 19.1 Å². The molecule has 1 aromatic carbocycles.